The molecule has 0 atom stereocenters. The Balaban J connectivity index is 1.53. The van der Waals surface area contributed by atoms with Gasteiger partial charge in [0.25, 0.3) is 5.69 Å². The molecule has 2 aliphatic rings. The van der Waals surface area contributed by atoms with Crippen LogP contribution in [0, 0.1) is 10.1 Å². The molecular formula is C21H29N5O4S. The van der Waals surface area contributed by atoms with Crippen LogP contribution in [0.3, 0.4) is 0 Å². The van der Waals surface area contributed by atoms with Crippen LogP contribution in [0.15, 0.2) is 35.5 Å². The highest BCUT2D eigenvalue weighted by Gasteiger charge is 2.31. The molecule has 9 nitrogen and oxygen atoms in total. The Morgan fingerprint density at radius 1 is 1.13 bits per heavy atom. The molecule has 1 aromatic heterocycles. The smallest absolute Gasteiger partial charge is 0.293 e. The summed E-state index contributed by atoms with van der Waals surface area (Å²) in [7, 11) is -3.71. The fraction of sp³-hybridized carbons (Fsp3) is 0.571. The summed E-state index contributed by atoms with van der Waals surface area (Å²) >= 11 is 0. The lowest BCUT2D eigenvalue weighted by Gasteiger charge is -2.33. The first-order valence-electron chi connectivity index (χ1n) is 11.0. The predicted molar refractivity (Wildman–Crippen MR) is 118 cm³/mol. The molecule has 1 aromatic carbocycles. The van der Waals surface area contributed by atoms with Crippen LogP contribution < -0.4 is 4.90 Å². The van der Waals surface area contributed by atoms with E-state index >= 15 is 0 Å². The number of anilines is 1. The Morgan fingerprint density at radius 3 is 2.45 bits per heavy atom. The molecule has 0 N–H and O–H groups in total. The highest BCUT2D eigenvalue weighted by atomic mass is 32.2. The number of hydrogen-bond donors (Lipinski definition) is 0. The van der Waals surface area contributed by atoms with Gasteiger partial charge in [0.15, 0.2) is 0 Å². The van der Waals surface area contributed by atoms with Crippen LogP contribution in [0.4, 0.5) is 11.4 Å². The van der Waals surface area contributed by atoms with Gasteiger partial charge in [-0.1, -0.05) is 6.42 Å². The molecule has 0 aliphatic carbocycles. The van der Waals surface area contributed by atoms with Crippen LogP contribution >= 0.6 is 0 Å². The third kappa shape index (κ3) is 4.45. The van der Waals surface area contributed by atoms with Crippen molar-refractivity contribution in [2.24, 2.45) is 0 Å². The van der Waals surface area contributed by atoms with Crippen molar-refractivity contribution in [3.8, 4) is 0 Å². The van der Waals surface area contributed by atoms with Gasteiger partial charge in [-0.05, 0) is 56.2 Å². The van der Waals surface area contributed by atoms with Gasteiger partial charge in [0, 0.05) is 45.0 Å². The van der Waals surface area contributed by atoms with E-state index in [0.717, 1.165) is 38.6 Å². The van der Waals surface area contributed by atoms with Crippen LogP contribution in [0.1, 0.15) is 50.5 Å². The quantitative estimate of drug-likeness (QED) is 0.497. The molecule has 168 valence electrons. The predicted octanol–water partition coefficient (Wildman–Crippen LogP) is 3.37. The molecule has 10 heteroatoms. The fourth-order valence-corrected chi connectivity index (χ4v) is 6.09. The zero-order valence-electron chi connectivity index (χ0n) is 17.8. The molecule has 0 saturated carbocycles. The van der Waals surface area contributed by atoms with Crippen LogP contribution in [0.5, 0.6) is 0 Å². The number of aryl methyl sites for hydroxylation is 1. The molecule has 3 heterocycles. The van der Waals surface area contributed by atoms with Gasteiger partial charge >= 0.3 is 0 Å². The number of nitrogens with zero attached hydrogens (tertiary/aromatic N) is 5. The van der Waals surface area contributed by atoms with Gasteiger partial charge < -0.3 is 4.90 Å². The Bertz CT molecular complexity index is 1040. The van der Waals surface area contributed by atoms with Crippen molar-refractivity contribution in [3.63, 3.8) is 0 Å². The lowest BCUT2D eigenvalue weighted by molar-refractivity contribution is -0.384. The summed E-state index contributed by atoms with van der Waals surface area (Å²) in [6.07, 6.45) is 8.40. The van der Waals surface area contributed by atoms with Gasteiger partial charge in [0.05, 0.1) is 16.0 Å². The van der Waals surface area contributed by atoms with Crippen molar-refractivity contribution >= 4 is 21.4 Å². The summed E-state index contributed by atoms with van der Waals surface area (Å²) in [6.45, 7) is 5.19. The lowest BCUT2D eigenvalue weighted by Crippen LogP contribution is -2.36. The third-order valence-electron chi connectivity index (χ3n) is 6.38. The topological polar surface area (TPSA) is 102 Å². The molecular weight excluding hydrogens is 418 g/mol. The summed E-state index contributed by atoms with van der Waals surface area (Å²) in [5.74, 6) is 0.384. The second kappa shape index (κ2) is 8.96. The standard InChI is InChI=1S/C21H29N5O4S/c1-2-24-16-18(15-22-24)17-8-12-23(13-9-17)20-7-6-19(14-21(20)26(27)28)31(29,30)25-10-4-3-5-11-25/h6-7,14-17H,2-5,8-13H2,1H3. The van der Waals surface area contributed by atoms with Crippen LogP contribution in [-0.2, 0) is 16.6 Å². The Morgan fingerprint density at radius 2 is 1.84 bits per heavy atom. The molecule has 0 spiro atoms. The molecule has 0 unspecified atom stereocenters. The zero-order chi connectivity index (χ0) is 22.0. The first kappa shape index (κ1) is 21.8. The van der Waals surface area contributed by atoms with E-state index in [-0.39, 0.29) is 10.6 Å². The number of rotatable bonds is 6. The van der Waals surface area contributed by atoms with Crippen molar-refractivity contribution in [2.45, 2.75) is 56.4 Å². The average molecular weight is 448 g/mol. The normalized spacial score (nSPS) is 18.9. The lowest BCUT2D eigenvalue weighted by atomic mass is 9.91. The first-order valence-corrected chi connectivity index (χ1v) is 12.4. The summed E-state index contributed by atoms with van der Waals surface area (Å²) in [6, 6.07) is 4.35. The van der Waals surface area contributed by atoms with Gasteiger partial charge in [0.1, 0.15) is 5.69 Å². The van der Waals surface area contributed by atoms with E-state index in [2.05, 4.69) is 11.3 Å². The van der Waals surface area contributed by atoms with Gasteiger partial charge in [-0.25, -0.2) is 8.42 Å². The Hall–Kier alpha value is -2.46. The largest absolute Gasteiger partial charge is 0.366 e. The molecule has 2 aliphatic heterocycles. The average Bonchev–Trinajstić information content (AvgIpc) is 3.29. The van der Waals surface area contributed by atoms with Crippen molar-refractivity contribution in [1.29, 1.82) is 0 Å². The Labute approximate surface area is 182 Å². The van der Waals surface area contributed by atoms with Gasteiger partial charge in [-0.2, -0.15) is 9.40 Å². The SMILES string of the molecule is CCn1cc(C2CCN(c3ccc(S(=O)(=O)N4CCCCC4)cc3[N+](=O)[O-])CC2)cn1. The minimum absolute atomic E-state index is 0.00622. The molecule has 0 radical (unpaired) electrons. The van der Waals surface area contributed by atoms with E-state index in [1.54, 1.807) is 6.07 Å². The van der Waals surface area contributed by atoms with Crippen LogP contribution in [-0.4, -0.2) is 53.6 Å². The summed E-state index contributed by atoms with van der Waals surface area (Å²) < 4.78 is 29.3. The second-order valence-corrected chi connectivity index (χ2v) is 10.2. The van der Waals surface area contributed by atoms with E-state index < -0.39 is 14.9 Å². The number of hydrogen-bond acceptors (Lipinski definition) is 6. The fourth-order valence-electron chi connectivity index (χ4n) is 4.55. The van der Waals surface area contributed by atoms with Gasteiger partial charge in [-0.15, -0.1) is 0 Å². The van der Waals surface area contributed by atoms with E-state index in [1.807, 2.05) is 22.7 Å². The van der Waals surface area contributed by atoms with Crippen molar-refractivity contribution in [1.82, 2.24) is 14.1 Å². The van der Waals surface area contributed by atoms with E-state index in [1.165, 1.54) is 22.0 Å². The first-order chi connectivity index (χ1) is 14.9. The maximum atomic E-state index is 13.0. The minimum atomic E-state index is -3.71. The van der Waals surface area contributed by atoms with Crippen LogP contribution in [0.25, 0.3) is 0 Å². The Kier molecular flexibility index (Phi) is 6.29. The number of nitro groups is 1. The maximum absolute atomic E-state index is 13.0. The van der Waals surface area contributed by atoms with Gasteiger partial charge in [-0.3, -0.25) is 14.8 Å². The van der Waals surface area contributed by atoms with E-state index in [9.17, 15) is 18.5 Å². The van der Waals surface area contributed by atoms with E-state index in [0.29, 0.717) is 37.8 Å². The summed E-state index contributed by atoms with van der Waals surface area (Å²) in [5, 5.41) is 16.1. The maximum Gasteiger partial charge on any atom is 0.293 e. The monoisotopic (exact) mass is 447 g/mol. The number of benzene rings is 1. The summed E-state index contributed by atoms with van der Waals surface area (Å²) in [5.41, 5.74) is 1.56. The summed E-state index contributed by atoms with van der Waals surface area (Å²) in [4.78, 5) is 13.3. The molecule has 4 rings (SSSR count). The highest BCUT2D eigenvalue weighted by molar-refractivity contribution is 7.89. The van der Waals surface area contributed by atoms with Crippen LogP contribution in [0.2, 0.25) is 0 Å². The number of aromatic nitrogens is 2. The second-order valence-electron chi connectivity index (χ2n) is 8.26. The molecule has 0 amide bonds. The number of piperidine rings is 2. The zero-order valence-corrected chi connectivity index (χ0v) is 18.6. The molecule has 2 saturated heterocycles. The highest BCUT2D eigenvalue weighted by Crippen LogP contribution is 2.36. The van der Waals surface area contributed by atoms with E-state index in [4.69, 9.17) is 0 Å². The molecule has 2 fully saturated rings. The molecule has 0 bridgehead atoms. The number of sulfonamides is 1. The molecule has 2 aromatic rings. The third-order valence-corrected chi connectivity index (χ3v) is 8.28. The van der Waals surface area contributed by atoms with Gasteiger partial charge in [0.2, 0.25) is 10.0 Å². The molecule has 31 heavy (non-hydrogen) atoms. The minimum Gasteiger partial charge on any atom is -0.366 e. The van der Waals surface area contributed by atoms with Crippen molar-refractivity contribution in [2.75, 3.05) is 31.1 Å². The van der Waals surface area contributed by atoms with Crippen molar-refractivity contribution in [3.05, 3.63) is 46.3 Å². The number of nitro benzene ring substituents is 1. The van der Waals surface area contributed by atoms with Crippen molar-refractivity contribution < 1.29 is 13.3 Å².